The maximum atomic E-state index is 12.8. The third-order valence-electron chi connectivity index (χ3n) is 4.93. The lowest BCUT2D eigenvalue weighted by molar-refractivity contribution is -0.128. The number of ketones is 1. The topological polar surface area (TPSA) is 45.6 Å². The number of fused-ring (bicyclic) bond motifs is 1. The van der Waals surface area contributed by atoms with Gasteiger partial charge in [-0.3, -0.25) is 9.59 Å². The molecule has 0 atom stereocenters. The summed E-state index contributed by atoms with van der Waals surface area (Å²) < 4.78 is 1.98. The van der Waals surface area contributed by atoms with Crippen molar-refractivity contribution in [2.45, 2.75) is 13.8 Å². The first kappa shape index (κ1) is 15.7. The lowest BCUT2D eigenvalue weighted by Gasteiger charge is -2.33. The molecule has 0 aliphatic carbocycles. The quantitative estimate of drug-likeness (QED) is 0.641. The Kier molecular flexibility index (Phi) is 4.22. The molecule has 23 heavy (non-hydrogen) atoms. The number of piperazine rings is 1. The number of hydrogen-bond donors (Lipinski definition) is 0. The van der Waals surface area contributed by atoms with Crippen molar-refractivity contribution in [2.75, 3.05) is 32.7 Å². The molecule has 1 saturated heterocycles. The number of carbonyl (C=O) groups is 2. The summed E-state index contributed by atoms with van der Waals surface area (Å²) in [6.07, 6.45) is 0. The van der Waals surface area contributed by atoms with Gasteiger partial charge in [-0.1, -0.05) is 25.1 Å². The van der Waals surface area contributed by atoms with Crippen molar-refractivity contribution in [1.29, 1.82) is 0 Å². The van der Waals surface area contributed by atoms with E-state index in [4.69, 9.17) is 0 Å². The smallest absolute Gasteiger partial charge is 0.295 e. The number of amides is 1. The molecule has 0 spiro atoms. The highest BCUT2D eigenvalue weighted by atomic mass is 16.2. The summed E-state index contributed by atoms with van der Waals surface area (Å²) in [4.78, 5) is 29.5. The Morgan fingerprint density at radius 1 is 1.09 bits per heavy atom. The van der Waals surface area contributed by atoms with E-state index in [0.29, 0.717) is 18.7 Å². The maximum Gasteiger partial charge on any atom is 0.295 e. The van der Waals surface area contributed by atoms with E-state index in [1.54, 1.807) is 4.90 Å². The average Bonchev–Trinajstić information content (AvgIpc) is 2.85. The van der Waals surface area contributed by atoms with Crippen molar-refractivity contribution in [3.05, 3.63) is 35.5 Å². The van der Waals surface area contributed by atoms with Crippen LogP contribution in [0.25, 0.3) is 10.9 Å². The molecule has 1 aromatic carbocycles. The highest BCUT2D eigenvalue weighted by Gasteiger charge is 2.29. The van der Waals surface area contributed by atoms with E-state index in [1.165, 1.54) is 0 Å². The number of benzene rings is 1. The summed E-state index contributed by atoms with van der Waals surface area (Å²) in [5.74, 6) is -0.760. The van der Waals surface area contributed by atoms with Gasteiger partial charge in [-0.15, -0.1) is 0 Å². The first-order valence-electron chi connectivity index (χ1n) is 8.14. The fraction of sp³-hybridized carbons (Fsp3) is 0.444. The minimum Gasteiger partial charge on any atom is -0.347 e. The normalized spacial score (nSPS) is 16.0. The number of aromatic nitrogens is 1. The second-order valence-corrected chi connectivity index (χ2v) is 6.09. The lowest BCUT2D eigenvalue weighted by Crippen LogP contribution is -2.50. The van der Waals surface area contributed by atoms with Crippen molar-refractivity contribution in [1.82, 2.24) is 14.4 Å². The Morgan fingerprint density at radius 2 is 1.74 bits per heavy atom. The summed E-state index contributed by atoms with van der Waals surface area (Å²) in [6, 6.07) is 7.74. The van der Waals surface area contributed by atoms with Crippen molar-refractivity contribution in [3.63, 3.8) is 0 Å². The van der Waals surface area contributed by atoms with Crippen LogP contribution in [0.5, 0.6) is 0 Å². The van der Waals surface area contributed by atoms with Gasteiger partial charge in [0.1, 0.15) is 0 Å². The molecule has 5 nitrogen and oxygen atoms in total. The largest absolute Gasteiger partial charge is 0.347 e. The van der Waals surface area contributed by atoms with Crippen LogP contribution in [0.1, 0.15) is 23.0 Å². The molecule has 0 radical (unpaired) electrons. The number of likely N-dealkylation sites (N-methyl/N-ethyl adjacent to an activating group) is 1. The van der Waals surface area contributed by atoms with Crippen molar-refractivity contribution < 1.29 is 9.59 Å². The standard InChI is InChI=1S/C18H23N3O2/c1-4-20-9-11-21(12-10-20)18(23)17(22)16-13(2)19(3)15-8-6-5-7-14(15)16/h5-8H,4,9-12H2,1-3H3. The van der Waals surface area contributed by atoms with Gasteiger partial charge in [0.15, 0.2) is 0 Å². The van der Waals surface area contributed by atoms with Crippen LogP contribution in [0.15, 0.2) is 24.3 Å². The molecule has 0 N–H and O–H groups in total. The summed E-state index contributed by atoms with van der Waals surface area (Å²) >= 11 is 0. The second kappa shape index (κ2) is 6.16. The minimum absolute atomic E-state index is 0.375. The van der Waals surface area contributed by atoms with E-state index in [9.17, 15) is 9.59 Å². The van der Waals surface area contributed by atoms with E-state index in [2.05, 4.69) is 11.8 Å². The van der Waals surface area contributed by atoms with E-state index in [0.717, 1.165) is 36.2 Å². The van der Waals surface area contributed by atoms with Crippen LogP contribution < -0.4 is 0 Å². The fourth-order valence-electron chi connectivity index (χ4n) is 3.33. The zero-order valence-corrected chi connectivity index (χ0v) is 14.0. The van der Waals surface area contributed by atoms with Gasteiger partial charge in [0, 0.05) is 49.8 Å². The van der Waals surface area contributed by atoms with Gasteiger partial charge in [0.05, 0.1) is 5.56 Å². The Labute approximate surface area is 136 Å². The van der Waals surface area contributed by atoms with Gasteiger partial charge in [-0.2, -0.15) is 0 Å². The molecule has 2 aromatic rings. The second-order valence-electron chi connectivity index (χ2n) is 6.09. The number of carbonyl (C=O) groups excluding carboxylic acids is 2. The number of aryl methyl sites for hydroxylation is 1. The molecule has 122 valence electrons. The highest BCUT2D eigenvalue weighted by Crippen LogP contribution is 2.25. The Bertz CT molecular complexity index is 755. The third-order valence-corrected chi connectivity index (χ3v) is 4.93. The van der Waals surface area contributed by atoms with Crippen LogP contribution in [0.4, 0.5) is 0 Å². The molecule has 0 unspecified atom stereocenters. The zero-order valence-electron chi connectivity index (χ0n) is 14.0. The predicted octanol–water partition coefficient (Wildman–Crippen LogP) is 1.83. The Morgan fingerprint density at radius 3 is 2.39 bits per heavy atom. The Balaban J connectivity index is 1.89. The summed E-state index contributed by atoms with van der Waals surface area (Å²) in [5, 5.41) is 0.859. The van der Waals surface area contributed by atoms with E-state index < -0.39 is 0 Å². The van der Waals surface area contributed by atoms with Gasteiger partial charge in [-0.25, -0.2) is 0 Å². The predicted molar refractivity (Wildman–Crippen MR) is 90.7 cm³/mol. The highest BCUT2D eigenvalue weighted by molar-refractivity contribution is 6.45. The Hall–Kier alpha value is -2.14. The third kappa shape index (κ3) is 2.65. The zero-order chi connectivity index (χ0) is 16.6. The van der Waals surface area contributed by atoms with Crippen molar-refractivity contribution in [3.8, 4) is 0 Å². The molecule has 2 heterocycles. The fourth-order valence-corrected chi connectivity index (χ4v) is 3.33. The van der Waals surface area contributed by atoms with Crippen LogP contribution in [-0.2, 0) is 11.8 Å². The van der Waals surface area contributed by atoms with Gasteiger partial charge in [-0.05, 0) is 19.5 Å². The van der Waals surface area contributed by atoms with Crippen LogP contribution in [-0.4, -0.2) is 58.8 Å². The summed E-state index contributed by atoms with van der Waals surface area (Å²) in [5.41, 5.74) is 2.37. The van der Waals surface area contributed by atoms with Crippen molar-refractivity contribution >= 4 is 22.6 Å². The van der Waals surface area contributed by atoms with Crippen LogP contribution in [0, 0.1) is 6.92 Å². The van der Waals surface area contributed by atoms with E-state index >= 15 is 0 Å². The lowest BCUT2D eigenvalue weighted by atomic mass is 10.1. The maximum absolute atomic E-state index is 12.8. The van der Waals surface area contributed by atoms with Crippen LogP contribution >= 0.6 is 0 Å². The molecular formula is C18H23N3O2. The molecule has 1 fully saturated rings. The minimum atomic E-state index is -0.385. The summed E-state index contributed by atoms with van der Waals surface area (Å²) in [7, 11) is 1.93. The van der Waals surface area contributed by atoms with Gasteiger partial charge < -0.3 is 14.4 Å². The monoisotopic (exact) mass is 313 g/mol. The molecule has 5 heteroatoms. The first-order valence-corrected chi connectivity index (χ1v) is 8.14. The van der Waals surface area contributed by atoms with Gasteiger partial charge in [0.25, 0.3) is 11.7 Å². The first-order chi connectivity index (χ1) is 11.0. The average molecular weight is 313 g/mol. The van der Waals surface area contributed by atoms with Crippen LogP contribution in [0.2, 0.25) is 0 Å². The number of para-hydroxylation sites is 1. The molecule has 1 aliphatic rings. The molecular weight excluding hydrogens is 290 g/mol. The number of hydrogen-bond acceptors (Lipinski definition) is 3. The number of nitrogens with zero attached hydrogens (tertiary/aromatic N) is 3. The SMILES string of the molecule is CCN1CCN(C(=O)C(=O)c2c(C)n(C)c3ccccc23)CC1. The summed E-state index contributed by atoms with van der Waals surface area (Å²) in [6.45, 7) is 7.93. The number of rotatable bonds is 3. The molecule has 3 rings (SSSR count). The molecule has 0 bridgehead atoms. The van der Waals surface area contributed by atoms with E-state index in [1.807, 2.05) is 42.8 Å². The molecule has 1 aromatic heterocycles. The van der Waals surface area contributed by atoms with Gasteiger partial charge >= 0.3 is 0 Å². The molecule has 1 amide bonds. The van der Waals surface area contributed by atoms with E-state index in [-0.39, 0.29) is 11.7 Å². The molecule has 0 saturated carbocycles. The van der Waals surface area contributed by atoms with Crippen molar-refractivity contribution in [2.24, 2.45) is 7.05 Å². The molecule has 1 aliphatic heterocycles. The van der Waals surface area contributed by atoms with Gasteiger partial charge in [0.2, 0.25) is 0 Å². The van der Waals surface area contributed by atoms with Crippen LogP contribution in [0.3, 0.4) is 0 Å². The number of Topliss-reactive ketones (excluding diaryl/α,β-unsaturated/α-hetero) is 1.